The highest BCUT2D eigenvalue weighted by molar-refractivity contribution is 5.35. The Balaban J connectivity index is 1.57. The van der Waals surface area contributed by atoms with Crippen molar-refractivity contribution in [2.24, 2.45) is 17.8 Å². The van der Waals surface area contributed by atoms with Gasteiger partial charge in [0.15, 0.2) is 0 Å². The van der Waals surface area contributed by atoms with E-state index in [1.54, 1.807) is 5.56 Å². The Morgan fingerprint density at radius 3 is 2.27 bits per heavy atom. The van der Waals surface area contributed by atoms with Crippen molar-refractivity contribution in [2.45, 2.75) is 105 Å². The lowest BCUT2D eigenvalue weighted by molar-refractivity contribution is 0.0508. The molecule has 0 saturated heterocycles. The van der Waals surface area contributed by atoms with Gasteiger partial charge in [-0.1, -0.05) is 76.6 Å². The van der Waals surface area contributed by atoms with Crippen LogP contribution >= 0.6 is 0 Å². The molecule has 0 aromatic heterocycles. The van der Waals surface area contributed by atoms with Gasteiger partial charge in [-0.3, -0.25) is 0 Å². The summed E-state index contributed by atoms with van der Waals surface area (Å²) in [6, 6.07) is 15.3. The molecule has 2 nitrogen and oxygen atoms in total. The Morgan fingerprint density at radius 1 is 0.939 bits per heavy atom. The van der Waals surface area contributed by atoms with Crippen LogP contribution in [0.25, 0.3) is 0 Å². The van der Waals surface area contributed by atoms with Gasteiger partial charge in [-0.15, -0.1) is 0 Å². The maximum atomic E-state index is 11.0. The van der Waals surface area contributed by atoms with E-state index < -0.39 is 6.10 Å². The Labute approximate surface area is 202 Å². The van der Waals surface area contributed by atoms with E-state index in [2.05, 4.69) is 84.0 Å². The molecule has 0 aliphatic heterocycles. The Hall–Kier alpha value is -1.64. The summed E-state index contributed by atoms with van der Waals surface area (Å²) < 4.78 is 5.82. The molecule has 0 heterocycles. The minimum atomic E-state index is -0.458. The molecule has 0 spiro atoms. The fourth-order valence-corrected chi connectivity index (χ4v) is 5.45. The fraction of sp³-hybridized carbons (Fsp3) is 0.613. The number of hydrogen-bond donors (Lipinski definition) is 1. The van der Waals surface area contributed by atoms with Crippen molar-refractivity contribution in [3.63, 3.8) is 0 Å². The zero-order valence-electron chi connectivity index (χ0n) is 21.8. The summed E-state index contributed by atoms with van der Waals surface area (Å²) in [6.07, 6.45) is 7.10. The summed E-state index contributed by atoms with van der Waals surface area (Å²) in [6.45, 7) is 14.0. The van der Waals surface area contributed by atoms with Crippen molar-refractivity contribution in [2.75, 3.05) is 0 Å². The standard InChI is InChI=1S/C31H46O2/c1-7-21(3)28-14-15-29(19-28)30-16-11-26(17-22(30)4)18-23(5)31(32)27-12-9-25(10-13-27)20-33-24(6)8-2/h9-13,16-17,21,23-24,28-29,31-32H,7-8,14-15,18-20H2,1-6H3. The molecule has 2 heteroatoms. The minimum absolute atomic E-state index is 0.165. The lowest BCUT2D eigenvalue weighted by Crippen LogP contribution is -2.13. The van der Waals surface area contributed by atoms with E-state index >= 15 is 0 Å². The lowest BCUT2D eigenvalue weighted by atomic mass is 9.86. The third kappa shape index (κ3) is 6.93. The maximum absolute atomic E-state index is 11.0. The predicted molar refractivity (Wildman–Crippen MR) is 140 cm³/mol. The molecule has 1 saturated carbocycles. The first-order chi connectivity index (χ1) is 15.8. The van der Waals surface area contributed by atoms with Crippen molar-refractivity contribution >= 4 is 0 Å². The number of rotatable bonds is 11. The normalized spacial score (nSPS) is 22.2. The predicted octanol–water partition coefficient (Wildman–Crippen LogP) is 8.15. The molecule has 1 aliphatic carbocycles. The van der Waals surface area contributed by atoms with Crippen LogP contribution in [0.15, 0.2) is 42.5 Å². The average Bonchev–Trinajstić information content (AvgIpc) is 3.31. The van der Waals surface area contributed by atoms with E-state index in [1.165, 1.54) is 36.8 Å². The van der Waals surface area contributed by atoms with E-state index in [-0.39, 0.29) is 12.0 Å². The molecule has 6 atom stereocenters. The number of aryl methyl sites for hydroxylation is 1. The second kappa shape index (κ2) is 12.2. The largest absolute Gasteiger partial charge is 0.388 e. The second-order valence-electron chi connectivity index (χ2n) is 10.7. The van der Waals surface area contributed by atoms with Crippen molar-refractivity contribution in [3.8, 4) is 0 Å². The van der Waals surface area contributed by atoms with E-state index in [1.807, 2.05) is 0 Å². The summed E-state index contributed by atoms with van der Waals surface area (Å²) in [5.41, 5.74) is 6.46. The molecule has 1 fully saturated rings. The number of aliphatic hydroxyl groups excluding tert-OH is 1. The van der Waals surface area contributed by atoms with Gasteiger partial charge < -0.3 is 9.84 Å². The first-order valence-corrected chi connectivity index (χ1v) is 13.3. The summed E-state index contributed by atoms with van der Waals surface area (Å²) in [7, 11) is 0. The third-order valence-electron chi connectivity index (χ3n) is 8.22. The molecule has 2 aromatic rings. The van der Waals surface area contributed by atoms with Gasteiger partial charge in [0.1, 0.15) is 0 Å². The van der Waals surface area contributed by atoms with Crippen molar-refractivity contribution in [1.82, 2.24) is 0 Å². The Bertz CT molecular complexity index is 856. The van der Waals surface area contributed by atoms with Crippen LogP contribution in [-0.2, 0) is 17.8 Å². The molecule has 33 heavy (non-hydrogen) atoms. The third-order valence-corrected chi connectivity index (χ3v) is 8.22. The summed E-state index contributed by atoms with van der Waals surface area (Å²) in [5, 5.41) is 11.0. The maximum Gasteiger partial charge on any atom is 0.0818 e. The molecule has 1 aliphatic rings. The number of hydrogen-bond acceptors (Lipinski definition) is 2. The van der Waals surface area contributed by atoms with Gasteiger partial charge in [0.25, 0.3) is 0 Å². The highest BCUT2D eigenvalue weighted by Gasteiger charge is 2.29. The highest BCUT2D eigenvalue weighted by Crippen LogP contribution is 2.43. The van der Waals surface area contributed by atoms with Crippen molar-refractivity contribution in [3.05, 3.63) is 70.3 Å². The zero-order chi connectivity index (χ0) is 24.0. The van der Waals surface area contributed by atoms with Gasteiger partial charge in [0.2, 0.25) is 0 Å². The topological polar surface area (TPSA) is 29.5 Å². The van der Waals surface area contributed by atoms with Gasteiger partial charge in [-0.05, 0) is 97.4 Å². The van der Waals surface area contributed by atoms with Crippen LogP contribution in [0.5, 0.6) is 0 Å². The van der Waals surface area contributed by atoms with Crippen LogP contribution in [0.3, 0.4) is 0 Å². The van der Waals surface area contributed by atoms with Crippen LogP contribution in [-0.4, -0.2) is 11.2 Å². The SMILES string of the molecule is CCC(C)OCc1ccc(C(O)C(C)Cc2ccc(C3CCC(C(C)CC)C3)c(C)c2)cc1. The number of aliphatic hydroxyl groups is 1. The summed E-state index contributed by atoms with van der Waals surface area (Å²) in [5.74, 6) is 2.63. The van der Waals surface area contributed by atoms with Crippen LogP contribution in [0.4, 0.5) is 0 Å². The zero-order valence-corrected chi connectivity index (χ0v) is 21.8. The number of benzene rings is 2. The smallest absolute Gasteiger partial charge is 0.0818 e. The van der Waals surface area contributed by atoms with E-state index in [4.69, 9.17) is 4.74 Å². The Morgan fingerprint density at radius 2 is 1.64 bits per heavy atom. The van der Waals surface area contributed by atoms with E-state index in [0.717, 1.165) is 41.7 Å². The molecule has 0 amide bonds. The van der Waals surface area contributed by atoms with Gasteiger partial charge in [-0.2, -0.15) is 0 Å². The van der Waals surface area contributed by atoms with Crippen molar-refractivity contribution in [1.29, 1.82) is 0 Å². The van der Waals surface area contributed by atoms with E-state index in [9.17, 15) is 5.11 Å². The molecule has 3 rings (SSSR count). The van der Waals surface area contributed by atoms with E-state index in [0.29, 0.717) is 6.61 Å². The van der Waals surface area contributed by atoms with Crippen LogP contribution in [0.2, 0.25) is 0 Å². The summed E-state index contributed by atoms with van der Waals surface area (Å²) >= 11 is 0. The average molecular weight is 451 g/mol. The van der Waals surface area contributed by atoms with Gasteiger partial charge in [0, 0.05) is 0 Å². The first kappa shape index (κ1) is 26.0. The summed E-state index contributed by atoms with van der Waals surface area (Å²) in [4.78, 5) is 0. The molecule has 0 bridgehead atoms. The quantitative estimate of drug-likeness (QED) is 0.374. The van der Waals surface area contributed by atoms with Gasteiger partial charge >= 0.3 is 0 Å². The van der Waals surface area contributed by atoms with Crippen molar-refractivity contribution < 1.29 is 9.84 Å². The fourth-order valence-electron chi connectivity index (χ4n) is 5.45. The number of ether oxygens (including phenoxy) is 1. The first-order valence-electron chi connectivity index (χ1n) is 13.3. The van der Waals surface area contributed by atoms with Crippen LogP contribution in [0, 0.1) is 24.7 Å². The van der Waals surface area contributed by atoms with Crippen LogP contribution < -0.4 is 0 Å². The molecular formula is C31H46O2. The molecular weight excluding hydrogens is 404 g/mol. The monoisotopic (exact) mass is 450 g/mol. The molecule has 6 unspecified atom stereocenters. The van der Waals surface area contributed by atoms with Gasteiger partial charge in [0.05, 0.1) is 18.8 Å². The molecule has 0 radical (unpaired) electrons. The highest BCUT2D eigenvalue weighted by atomic mass is 16.5. The molecule has 1 N–H and O–H groups in total. The van der Waals surface area contributed by atoms with Crippen LogP contribution in [0.1, 0.15) is 107 Å². The molecule has 2 aromatic carbocycles. The Kier molecular flexibility index (Phi) is 9.58. The van der Waals surface area contributed by atoms with Gasteiger partial charge in [-0.25, -0.2) is 0 Å². The molecule has 182 valence electrons. The minimum Gasteiger partial charge on any atom is -0.388 e. The second-order valence-corrected chi connectivity index (χ2v) is 10.7. The lowest BCUT2D eigenvalue weighted by Gasteiger charge is -2.21.